The van der Waals surface area contributed by atoms with Crippen LogP contribution in [0.15, 0.2) is 49.1 Å². The van der Waals surface area contributed by atoms with Gasteiger partial charge < -0.3 is 14.8 Å². The van der Waals surface area contributed by atoms with Crippen molar-refractivity contribution in [2.24, 2.45) is 0 Å². The van der Waals surface area contributed by atoms with Gasteiger partial charge in [-0.05, 0) is 24.3 Å². The van der Waals surface area contributed by atoms with Crippen LogP contribution in [0.25, 0.3) is 0 Å². The van der Waals surface area contributed by atoms with Crippen LogP contribution in [-0.4, -0.2) is 39.0 Å². The largest absolute Gasteiger partial charge is 0.486 e. The summed E-state index contributed by atoms with van der Waals surface area (Å²) in [5.74, 6) is 0.354. The van der Waals surface area contributed by atoms with Gasteiger partial charge in [0.25, 0.3) is 5.91 Å². The summed E-state index contributed by atoms with van der Waals surface area (Å²) in [4.78, 5) is 34.8. The summed E-state index contributed by atoms with van der Waals surface area (Å²) in [5.41, 5.74) is 5.23. The molecule has 0 radical (unpaired) electrons. The van der Waals surface area contributed by atoms with Crippen LogP contribution in [0.3, 0.4) is 0 Å². The highest BCUT2D eigenvalue weighted by molar-refractivity contribution is 5.94. The van der Waals surface area contributed by atoms with Crippen LogP contribution in [0.5, 0.6) is 11.5 Å². The molecular weight excluding hydrogens is 394 g/mol. The fraction of sp³-hybridized carbons (Fsp3) is 0.111. The number of benzene rings is 1. The highest BCUT2D eigenvalue weighted by Crippen LogP contribution is 2.36. The van der Waals surface area contributed by atoms with Crippen LogP contribution >= 0.6 is 0 Å². The van der Waals surface area contributed by atoms with E-state index in [2.05, 4.69) is 31.1 Å². The summed E-state index contributed by atoms with van der Waals surface area (Å²) >= 11 is 0. The fourth-order valence-corrected chi connectivity index (χ4v) is 2.68. The van der Waals surface area contributed by atoms with Gasteiger partial charge in [-0.3, -0.25) is 30.7 Å². The Hall–Kier alpha value is -4.48. The normalized spacial score (nSPS) is 12.0. The van der Waals surface area contributed by atoms with Crippen LogP contribution in [0.2, 0.25) is 0 Å². The van der Waals surface area contributed by atoms with Gasteiger partial charge in [-0.15, -0.1) is 0 Å². The summed E-state index contributed by atoms with van der Waals surface area (Å²) in [7, 11) is 0. The zero-order valence-corrected chi connectivity index (χ0v) is 15.4. The summed E-state index contributed by atoms with van der Waals surface area (Å²) in [5, 5.41) is 14.5. The number of hydrogen-bond donors (Lipinski definition) is 3. The number of anilines is 3. The number of nitrogens with one attached hydrogen (secondary N) is 3. The molecule has 1 aliphatic heterocycles. The van der Waals surface area contributed by atoms with E-state index in [1.54, 1.807) is 18.2 Å². The Bertz CT molecular complexity index is 1090. The van der Waals surface area contributed by atoms with Crippen LogP contribution in [-0.2, 0) is 0 Å². The first-order valence-electron chi connectivity index (χ1n) is 8.74. The SMILES string of the molecule is O=C(NNc1ncnc(Nc2ccc3c(c2)OCCO3)c1[N+](=O)[O-])c1ccncc1. The van der Waals surface area contributed by atoms with Crippen molar-refractivity contribution in [2.45, 2.75) is 0 Å². The van der Waals surface area contributed by atoms with Gasteiger partial charge >= 0.3 is 5.69 Å². The highest BCUT2D eigenvalue weighted by atomic mass is 16.6. The molecule has 2 aromatic heterocycles. The molecule has 0 unspecified atom stereocenters. The molecule has 0 saturated carbocycles. The number of nitro groups is 1. The second kappa shape index (κ2) is 8.26. The minimum Gasteiger partial charge on any atom is -0.486 e. The maximum absolute atomic E-state index is 12.2. The maximum atomic E-state index is 12.2. The lowest BCUT2D eigenvalue weighted by molar-refractivity contribution is -0.383. The van der Waals surface area contributed by atoms with E-state index in [-0.39, 0.29) is 11.6 Å². The first-order chi connectivity index (χ1) is 14.6. The molecule has 3 N–H and O–H groups in total. The topological polar surface area (TPSA) is 153 Å². The molecule has 0 bridgehead atoms. The minimum atomic E-state index is -0.652. The average molecular weight is 409 g/mol. The summed E-state index contributed by atoms with van der Waals surface area (Å²) in [6.07, 6.45) is 4.04. The molecule has 30 heavy (non-hydrogen) atoms. The van der Waals surface area contributed by atoms with Gasteiger partial charge in [0.2, 0.25) is 11.6 Å². The Balaban J connectivity index is 1.55. The average Bonchev–Trinajstić information content (AvgIpc) is 2.78. The predicted molar refractivity (Wildman–Crippen MR) is 105 cm³/mol. The number of carbonyl (C=O) groups excluding carboxylic acids is 1. The monoisotopic (exact) mass is 409 g/mol. The van der Waals surface area contributed by atoms with Gasteiger partial charge in [-0.25, -0.2) is 9.97 Å². The molecule has 1 aromatic carbocycles. The van der Waals surface area contributed by atoms with Crippen LogP contribution in [0, 0.1) is 10.1 Å². The zero-order chi connectivity index (χ0) is 20.9. The van der Waals surface area contributed by atoms with Crippen molar-refractivity contribution in [3.63, 3.8) is 0 Å². The van der Waals surface area contributed by atoms with E-state index < -0.39 is 16.5 Å². The molecule has 0 fully saturated rings. The number of amides is 1. The number of carbonyl (C=O) groups is 1. The standard InChI is InChI=1S/C18H15N7O5/c26-18(11-3-5-19-6-4-11)24-23-17-15(25(27)28)16(20-10-21-17)22-12-1-2-13-14(9-12)30-8-7-29-13/h1-6,9-10H,7-8H2,(H,24,26)(H2,20,21,22,23). The molecular formula is C18H15N7O5. The number of hydrogen-bond acceptors (Lipinski definition) is 10. The van der Waals surface area contributed by atoms with Gasteiger partial charge in [0, 0.05) is 29.7 Å². The van der Waals surface area contributed by atoms with Crippen molar-refractivity contribution < 1.29 is 19.2 Å². The molecule has 12 nitrogen and oxygen atoms in total. The van der Waals surface area contributed by atoms with Crippen molar-refractivity contribution in [2.75, 3.05) is 24.0 Å². The van der Waals surface area contributed by atoms with Crippen molar-refractivity contribution in [3.05, 3.63) is 64.7 Å². The van der Waals surface area contributed by atoms with Gasteiger partial charge in [0.15, 0.2) is 11.5 Å². The predicted octanol–water partition coefficient (Wildman–Crippen LogP) is 2.05. The van der Waals surface area contributed by atoms with E-state index in [1.807, 2.05) is 0 Å². The van der Waals surface area contributed by atoms with Gasteiger partial charge in [0.1, 0.15) is 19.5 Å². The molecule has 3 aromatic rings. The number of pyridine rings is 1. The lowest BCUT2D eigenvalue weighted by Crippen LogP contribution is -2.30. The van der Waals surface area contributed by atoms with Crippen LogP contribution in [0.4, 0.5) is 23.0 Å². The number of rotatable bonds is 6. The molecule has 152 valence electrons. The first kappa shape index (κ1) is 18.9. The van der Waals surface area contributed by atoms with Gasteiger partial charge in [-0.2, -0.15) is 0 Å². The molecule has 1 amide bonds. The van der Waals surface area contributed by atoms with Gasteiger partial charge in [-0.1, -0.05) is 0 Å². The molecule has 0 aliphatic carbocycles. The molecule has 3 heterocycles. The Morgan fingerprint density at radius 2 is 1.77 bits per heavy atom. The third-order valence-corrected chi connectivity index (χ3v) is 4.05. The summed E-state index contributed by atoms with van der Waals surface area (Å²) < 4.78 is 11.0. The second-order valence-electron chi connectivity index (χ2n) is 5.98. The molecule has 1 aliphatic rings. The first-order valence-corrected chi connectivity index (χ1v) is 8.74. The quantitative estimate of drug-likeness (QED) is 0.407. The van der Waals surface area contributed by atoms with E-state index in [4.69, 9.17) is 9.47 Å². The zero-order valence-electron chi connectivity index (χ0n) is 15.4. The van der Waals surface area contributed by atoms with Crippen molar-refractivity contribution in [3.8, 4) is 11.5 Å². The van der Waals surface area contributed by atoms with Crippen LogP contribution in [0.1, 0.15) is 10.4 Å². The van der Waals surface area contributed by atoms with Gasteiger partial charge in [0.05, 0.1) is 4.92 Å². The lowest BCUT2D eigenvalue weighted by Gasteiger charge is -2.19. The Kier molecular flexibility index (Phi) is 5.19. The molecule has 0 atom stereocenters. The van der Waals surface area contributed by atoms with Crippen molar-refractivity contribution in [1.29, 1.82) is 0 Å². The Morgan fingerprint density at radius 3 is 2.53 bits per heavy atom. The Labute approximate surface area is 169 Å². The van der Waals surface area contributed by atoms with E-state index in [9.17, 15) is 14.9 Å². The van der Waals surface area contributed by atoms with Crippen molar-refractivity contribution >= 4 is 28.9 Å². The van der Waals surface area contributed by atoms with E-state index in [0.717, 1.165) is 6.33 Å². The molecule has 12 heteroatoms. The fourth-order valence-electron chi connectivity index (χ4n) is 2.68. The van der Waals surface area contributed by atoms with Crippen LogP contribution < -0.4 is 25.6 Å². The number of nitrogens with zero attached hydrogens (tertiary/aromatic N) is 4. The molecule has 0 saturated heterocycles. The third-order valence-electron chi connectivity index (χ3n) is 4.05. The number of aromatic nitrogens is 3. The van der Waals surface area contributed by atoms with E-state index in [0.29, 0.717) is 36.0 Å². The second-order valence-corrected chi connectivity index (χ2v) is 5.98. The number of ether oxygens (including phenoxy) is 2. The minimum absolute atomic E-state index is 0.0627. The third kappa shape index (κ3) is 4.01. The summed E-state index contributed by atoms with van der Waals surface area (Å²) in [6.45, 7) is 0.868. The molecule has 0 spiro atoms. The highest BCUT2D eigenvalue weighted by Gasteiger charge is 2.24. The maximum Gasteiger partial charge on any atom is 0.355 e. The summed E-state index contributed by atoms with van der Waals surface area (Å²) in [6, 6.07) is 8.02. The molecule has 4 rings (SSSR count). The smallest absolute Gasteiger partial charge is 0.355 e. The number of hydrazine groups is 1. The van der Waals surface area contributed by atoms with E-state index in [1.165, 1.54) is 24.5 Å². The lowest BCUT2D eigenvalue weighted by atomic mass is 10.2. The van der Waals surface area contributed by atoms with Crippen molar-refractivity contribution in [1.82, 2.24) is 20.4 Å². The Morgan fingerprint density at radius 1 is 1.03 bits per heavy atom. The van der Waals surface area contributed by atoms with E-state index >= 15 is 0 Å². The number of fused-ring (bicyclic) bond motifs is 1.